The number of nitrogens with zero attached hydrogens (tertiary/aromatic N) is 1. The minimum atomic E-state index is 0.145. The summed E-state index contributed by atoms with van der Waals surface area (Å²) in [7, 11) is 1.65. The molecule has 4 nitrogen and oxygen atoms in total. The molecule has 1 aliphatic rings. The number of para-hydroxylation sites is 1. The summed E-state index contributed by atoms with van der Waals surface area (Å²) in [5.41, 5.74) is 4.16. The average molecular weight is 280 g/mol. The standard InChI is InChI=1S/C17H16N2O2/c1-20-14-7-4-8-15-16(14)19-17(21-15)13-10-18-9-11-5-2-3-6-12(11)13/h2-8,13,18H,9-10H2,1H3. The van der Waals surface area contributed by atoms with Gasteiger partial charge in [0.2, 0.25) is 5.89 Å². The number of benzene rings is 2. The molecule has 0 fully saturated rings. The lowest BCUT2D eigenvalue weighted by atomic mass is 9.91. The minimum absolute atomic E-state index is 0.145. The molecule has 0 radical (unpaired) electrons. The zero-order valence-corrected chi connectivity index (χ0v) is 11.8. The lowest BCUT2D eigenvalue weighted by molar-refractivity contribution is 0.419. The number of oxazole rings is 1. The lowest BCUT2D eigenvalue weighted by Gasteiger charge is -2.23. The molecular formula is C17H16N2O2. The normalized spacial score (nSPS) is 17.7. The molecular weight excluding hydrogens is 264 g/mol. The third-order valence-corrected chi connectivity index (χ3v) is 4.01. The maximum Gasteiger partial charge on any atom is 0.204 e. The van der Waals surface area contributed by atoms with Crippen LogP contribution in [0.4, 0.5) is 0 Å². The first kappa shape index (κ1) is 12.4. The summed E-state index contributed by atoms with van der Waals surface area (Å²) in [6.45, 7) is 1.74. The Morgan fingerprint density at radius 2 is 2.10 bits per heavy atom. The van der Waals surface area contributed by atoms with Gasteiger partial charge in [0.15, 0.2) is 11.1 Å². The molecule has 1 aromatic heterocycles. The van der Waals surface area contributed by atoms with E-state index < -0.39 is 0 Å². The Morgan fingerprint density at radius 3 is 3.00 bits per heavy atom. The fraction of sp³-hybridized carbons (Fsp3) is 0.235. The Labute approximate surface area is 122 Å². The number of methoxy groups -OCH3 is 1. The number of aromatic nitrogens is 1. The number of nitrogens with one attached hydrogen (secondary N) is 1. The summed E-state index contributed by atoms with van der Waals surface area (Å²) in [6.07, 6.45) is 0. The van der Waals surface area contributed by atoms with Crippen molar-refractivity contribution in [2.45, 2.75) is 12.5 Å². The highest BCUT2D eigenvalue weighted by atomic mass is 16.5. The van der Waals surface area contributed by atoms with Gasteiger partial charge in [0.05, 0.1) is 13.0 Å². The fourth-order valence-corrected chi connectivity index (χ4v) is 2.97. The van der Waals surface area contributed by atoms with Gasteiger partial charge in [-0.1, -0.05) is 30.3 Å². The summed E-state index contributed by atoms with van der Waals surface area (Å²) in [5.74, 6) is 1.64. The van der Waals surface area contributed by atoms with Gasteiger partial charge < -0.3 is 14.5 Å². The molecule has 1 atom stereocenters. The first-order chi connectivity index (χ1) is 10.4. The van der Waals surface area contributed by atoms with E-state index in [1.165, 1.54) is 11.1 Å². The van der Waals surface area contributed by atoms with Gasteiger partial charge in [0.25, 0.3) is 0 Å². The third kappa shape index (κ3) is 1.99. The summed E-state index contributed by atoms with van der Waals surface area (Å²) >= 11 is 0. The van der Waals surface area contributed by atoms with Gasteiger partial charge in [0, 0.05) is 13.1 Å². The van der Waals surface area contributed by atoms with E-state index in [0.717, 1.165) is 35.8 Å². The van der Waals surface area contributed by atoms with Crippen LogP contribution in [0, 0.1) is 0 Å². The molecule has 4 rings (SSSR count). The Kier molecular flexibility index (Phi) is 2.89. The molecule has 1 aliphatic heterocycles. The summed E-state index contributed by atoms with van der Waals surface area (Å²) in [5, 5.41) is 3.43. The monoisotopic (exact) mass is 280 g/mol. The van der Waals surface area contributed by atoms with Crippen molar-refractivity contribution in [3.05, 3.63) is 59.5 Å². The van der Waals surface area contributed by atoms with Gasteiger partial charge in [-0.3, -0.25) is 0 Å². The molecule has 0 saturated carbocycles. The van der Waals surface area contributed by atoms with Crippen molar-refractivity contribution in [1.29, 1.82) is 0 Å². The Hall–Kier alpha value is -2.33. The summed E-state index contributed by atoms with van der Waals surface area (Å²) < 4.78 is 11.3. The van der Waals surface area contributed by atoms with Crippen LogP contribution in [0.2, 0.25) is 0 Å². The second-order valence-corrected chi connectivity index (χ2v) is 5.24. The minimum Gasteiger partial charge on any atom is -0.494 e. The number of fused-ring (bicyclic) bond motifs is 2. The van der Waals surface area contributed by atoms with Crippen molar-refractivity contribution in [3.8, 4) is 5.75 Å². The SMILES string of the molecule is COc1cccc2oc(C3CNCc4ccccc43)nc12. The van der Waals surface area contributed by atoms with Gasteiger partial charge in [-0.05, 0) is 23.3 Å². The highest BCUT2D eigenvalue weighted by Gasteiger charge is 2.26. The molecule has 21 heavy (non-hydrogen) atoms. The predicted octanol–water partition coefficient (Wildman–Crippen LogP) is 3.07. The van der Waals surface area contributed by atoms with Crippen LogP contribution < -0.4 is 10.1 Å². The molecule has 1 N–H and O–H groups in total. The molecule has 2 heterocycles. The zero-order valence-electron chi connectivity index (χ0n) is 11.8. The first-order valence-corrected chi connectivity index (χ1v) is 7.09. The van der Waals surface area contributed by atoms with Gasteiger partial charge in [0.1, 0.15) is 5.75 Å². The van der Waals surface area contributed by atoms with Crippen molar-refractivity contribution in [2.75, 3.05) is 13.7 Å². The second kappa shape index (κ2) is 4.90. The zero-order chi connectivity index (χ0) is 14.2. The van der Waals surface area contributed by atoms with Crippen molar-refractivity contribution in [1.82, 2.24) is 10.3 Å². The van der Waals surface area contributed by atoms with E-state index in [2.05, 4.69) is 34.6 Å². The molecule has 1 unspecified atom stereocenters. The number of hydrogen-bond acceptors (Lipinski definition) is 4. The van der Waals surface area contributed by atoms with Crippen LogP contribution in [0.5, 0.6) is 5.75 Å². The first-order valence-electron chi connectivity index (χ1n) is 7.09. The quantitative estimate of drug-likeness (QED) is 0.783. The number of rotatable bonds is 2. The van der Waals surface area contributed by atoms with Gasteiger partial charge in [-0.25, -0.2) is 4.98 Å². The molecule has 106 valence electrons. The second-order valence-electron chi connectivity index (χ2n) is 5.24. The van der Waals surface area contributed by atoms with E-state index >= 15 is 0 Å². The summed E-state index contributed by atoms with van der Waals surface area (Å²) in [6, 6.07) is 14.2. The predicted molar refractivity (Wildman–Crippen MR) is 80.6 cm³/mol. The van der Waals surface area contributed by atoms with Crippen LogP contribution in [0.15, 0.2) is 46.9 Å². The molecule has 0 aliphatic carbocycles. The van der Waals surface area contributed by atoms with Crippen molar-refractivity contribution in [3.63, 3.8) is 0 Å². The lowest BCUT2D eigenvalue weighted by Crippen LogP contribution is -2.28. The van der Waals surface area contributed by atoms with Crippen molar-refractivity contribution >= 4 is 11.1 Å². The van der Waals surface area contributed by atoms with Gasteiger partial charge in [-0.2, -0.15) is 0 Å². The van der Waals surface area contributed by atoms with Crippen molar-refractivity contribution < 1.29 is 9.15 Å². The molecule has 0 spiro atoms. The van der Waals surface area contributed by atoms with Gasteiger partial charge >= 0.3 is 0 Å². The van der Waals surface area contributed by atoms with E-state index in [1.54, 1.807) is 7.11 Å². The molecule has 3 aromatic rings. The van der Waals surface area contributed by atoms with Crippen LogP contribution in [-0.2, 0) is 6.54 Å². The smallest absolute Gasteiger partial charge is 0.204 e. The van der Waals surface area contributed by atoms with Crippen LogP contribution in [-0.4, -0.2) is 18.6 Å². The largest absolute Gasteiger partial charge is 0.494 e. The van der Waals surface area contributed by atoms with Crippen LogP contribution >= 0.6 is 0 Å². The summed E-state index contributed by atoms with van der Waals surface area (Å²) in [4.78, 5) is 4.67. The number of ether oxygens (including phenoxy) is 1. The molecule has 0 amide bonds. The van der Waals surface area contributed by atoms with Crippen LogP contribution in [0.3, 0.4) is 0 Å². The van der Waals surface area contributed by atoms with Crippen LogP contribution in [0.1, 0.15) is 22.9 Å². The Balaban J connectivity index is 1.84. The fourth-order valence-electron chi connectivity index (χ4n) is 2.97. The maximum atomic E-state index is 5.98. The average Bonchev–Trinajstić information content (AvgIpc) is 2.98. The molecule has 0 saturated heterocycles. The topological polar surface area (TPSA) is 47.3 Å². The highest BCUT2D eigenvalue weighted by Crippen LogP contribution is 2.33. The molecule has 2 aromatic carbocycles. The third-order valence-electron chi connectivity index (χ3n) is 4.01. The molecule has 0 bridgehead atoms. The Bertz CT molecular complexity index is 794. The van der Waals surface area contributed by atoms with Crippen LogP contribution in [0.25, 0.3) is 11.1 Å². The van der Waals surface area contributed by atoms with E-state index in [1.807, 2.05) is 18.2 Å². The maximum absolute atomic E-state index is 5.98. The van der Waals surface area contributed by atoms with E-state index in [9.17, 15) is 0 Å². The molecule has 4 heteroatoms. The van der Waals surface area contributed by atoms with E-state index in [0.29, 0.717) is 0 Å². The highest BCUT2D eigenvalue weighted by molar-refractivity contribution is 5.79. The Morgan fingerprint density at radius 1 is 1.19 bits per heavy atom. The van der Waals surface area contributed by atoms with E-state index in [-0.39, 0.29) is 5.92 Å². The van der Waals surface area contributed by atoms with Crippen molar-refractivity contribution in [2.24, 2.45) is 0 Å². The number of hydrogen-bond donors (Lipinski definition) is 1. The van der Waals surface area contributed by atoms with E-state index in [4.69, 9.17) is 9.15 Å². The van der Waals surface area contributed by atoms with Gasteiger partial charge in [-0.15, -0.1) is 0 Å².